The number of nitrogens with one attached hydrogen (secondary N) is 1. The second-order valence-electron chi connectivity index (χ2n) is 5.68. The van der Waals surface area contributed by atoms with Gasteiger partial charge in [-0.2, -0.15) is 0 Å². The molecule has 0 aliphatic heterocycles. The number of benzene rings is 2. The van der Waals surface area contributed by atoms with Gasteiger partial charge in [-0.25, -0.2) is 4.39 Å². The Morgan fingerprint density at radius 1 is 1.29 bits per heavy atom. The molecule has 0 saturated heterocycles. The van der Waals surface area contributed by atoms with Crippen LogP contribution in [0.2, 0.25) is 5.02 Å². The first-order valence-corrected chi connectivity index (χ1v) is 8.72. The van der Waals surface area contributed by atoms with Crippen molar-refractivity contribution in [3.63, 3.8) is 0 Å². The molecule has 0 aromatic heterocycles. The van der Waals surface area contributed by atoms with Gasteiger partial charge in [-0.1, -0.05) is 30.7 Å². The van der Waals surface area contributed by atoms with Crippen molar-refractivity contribution in [2.45, 2.75) is 19.8 Å². The largest absolute Gasteiger partial charge is 0.352 e. The van der Waals surface area contributed by atoms with Gasteiger partial charge in [0.15, 0.2) is 0 Å². The summed E-state index contributed by atoms with van der Waals surface area (Å²) in [5.74, 6) is -0.472. The lowest BCUT2D eigenvalue weighted by Crippen LogP contribution is -2.24. The van der Waals surface area contributed by atoms with E-state index in [9.17, 15) is 9.18 Å². The molecule has 0 aliphatic rings. The van der Waals surface area contributed by atoms with Crippen LogP contribution in [-0.2, 0) is 17.6 Å². The number of rotatable bonds is 5. The van der Waals surface area contributed by atoms with E-state index in [1.165, 1.54) is 6.07 Å². The predicted molar refractivity (Wildman–Crippen MR) is 101 cm³/mol. The van der Waals surface area contributed by atoms with E-state index < -0.39 is 5.82 Å². The van der Waals surface area contributed by atoms with Crippen molar-refractivity contribution in [3.8, 4) is 0 Å². The maximum absolute atomic E-state index is 14.2. The number of hydrogen-bond acceptors (Lipinski definition) is 2. The van der Waals surface area contributed by atoms with Crippen LogP contribution in [0.4, 0.5) is 15.8 Å². The Bertz CT molecular complexity index is 742. The van der Waals surface area contributed by atoms with Gasteiger partial charge in [0.25, 0.3) is 0 Å². The Morgan fingerprint density at radius 2 is 2.00 bits per heavy atom. The molecule has 0 heterocycles. The predicted octanol–water partition coefficient (Wildman–Crippen LogP) is 5.18. The summed E-state index contributed by atoms with van der Waals surface area (Å²) in [4.78, 5) is 13.6. The smallest absolute Gasteiger partial charge is 0.226 e. The maximum Gasteiger partial charge on any atom is 0.226 e. The van der Waals surface area contributed by atoms with Gasteiger partial charge in [-0.15, -0.1) is 0 Å². The van der Waals surface area contributed by atoms with Crippen molar-refractivity contribution in [2.24, 2.45) is 0 Å². The molecule has 0 spiro atoms. The number of carbonyl (C=O) groups excluding carboxylic acids is 1. The minimum absolute atomic E-state index is 0.0121. The molecule has 0 fully saturated rings. The van der Waals surface area contributed by atoms with Crippen molar-refractivity contribution in [2.75, 3.05) is 19.4 Å². The van der Waals surface area contributed by atoms with Crippen LogP contribution in [0.25, 0.3) is 0 Å². The third-order valence-electron chi connectivity index (χ3n) is 3.68. The molecule has 0 unspecified atom stereocenters. The summed E-state index contributed by atoms with van der Waals surface area (Å²) in [7, 11) is 3.43. The number of anilines is 2. The van der Waals surface area contributed by atoms with Crippen LogP contribution < -0.4 is 5.32 Å². The molecule has 0 atom stereocenters. The van der Waals surface area contributed by atoms with Gasteiger partial charge >= 0.3 is 0 Å². The molecule has 24 heavy (non-hydrogen) atoms. The molecule has 128 valence electrons. The summed E-state index contributed by atoms with van der Waals surface area (Å²) in [6.45, 7) is 2.05. The summed E-state index contributed by atoms with van der Waals surface area (Å²) >= 11 is 9.17. The number of halogens is 3. The van der Waals surface area contributed by atoms with Crippen molar-refractivity contribution >= 4 is 44.8 Å². The standard InChI is InChI=1S/C18H19BrClFN2O/c1-4-11-5-6-16(12(7-11)8-17(24)23(2)3)22-18-14(19)9-13(20)10-15(18)21/h5-7,9-10,22H,4,8H2,1-3H3. The Morgan fingerprint density at radius 3 is 2.58 bits per heavy atom. The lowest BCUT2D eigenvalue weighted by molar-refractivity contribution is -0.127. The number of amides is 1. The van der Waals surface area contributed by atoms with E-state index in [4.69, 9.17) is 11.6 Å². The van der Waals surface area contributed by atoms with Crippen LogP contribution in [-0.4, -0.2) is 24.9 Å². The van der Waals surface area contributed by atoms with E-state index in [1.807, 2.05) is 18.2 Å². The Hall–Kier alpha value is -1.59. The maximum atomic E-state index is 14.2. The van der Waals surface area contributed by atoms with Crippen molar-refractivity contribution in [1.82, 2.24) is 4.90 Å². The first-order chi connectivity index (χ1) is 11.3. The fourth-order valence-corrected chi connectivity index (χ4v) is 3.12. The van der Waals surface area contributed by atoms with E-state index in [0.717, 1.165) is 17.5 Å². The fraction of sp³-hybridized carbons (Fsp3) is 0.278. The minimum Gasteiger partial charge on any atom is -0.352 e. The Kier molecular flexibility index (Phi) is 6.24. The van der Waals surface area contributed by atoms with Crippen LogP contribution in [0.5, 0.6) is 0 Å². The number of hydrogen-bond donors (Lipinski definition) is 1. The van der Waals surface area contributed by atoms with Crippen LogP contribution in [0.15, 0.2) is 34.8 Å². The molecule has 0 aliphatic carbocycles. The summed E-state index contributed by atoms with van der Waals surface area (Å²) in [5, 5.41) is 3.39. The number of likely N-dealkylation sites (N-methyl/N-ethyl adjacent to an activating group) is 1. The van der Waals surface area contributed by atoms with Gasteiger partial charge in [0, 0.05) is 29.3 Å². The highest BCUT2D eigenvalue weighted by molar-refractivity contribution is 9.10. The van der Waals surface area contributed by atoms with Crippen LogP contribution >= 0.6 is 27.5 Å². The lowest BCUT2D eigenvalue weighted by atomic mass is 10.0. The van der Waals surface area contributed by atoms with E-state index >= 15 is 0 Å². The van der Waals surface area contributed by atoms with Crippen LogP contribution in [0, 0.1) is 5.82 Å². The quantitative estimate of drug-likeness (QED) is 0.732. The molecule has 0 radical (unpaired) electrons. The van der Waals surface area contributed by atoms with Gasteiger partial charge in [0.05, 0.1) is 12.1 Å². The lowest BCUT2D eigenvalue weighted by Gasteiger charge is -2.17. The number of nitrogens with zero attached hydrogens (tertiary/aromatic N) is 1. The third kappa shape index (κ3) is 4.48. The topological polar surface area (TPSA) is 32.3 Å². The highest BCUT2D eigenvalue weighted by atomic mass is 79.9. The molecule has 2 aromatic carbocycles. The SMILES string of the molecule is CCc1ccc(Nc2c(F)cc(Cl)cc2Br)c(CC(=O)N(C)C)c1. The van der Waals surface area contributed by atoms with Crippen molar-refractivity contribution in [3.05, 3.63) is 56.8 Å². The van der Waals surface area contributed by atoms with Crippen LogP contribution in [0.1, 0.15) is 18.1 Å². The molecular formula is C18H19BrClFN2O. The van der Waals surface area contributed by atoms with E-state index in [2.05, 4.69) is 28.2 Å². The van der Waals surface area contributed by atoms with Gasteiger partial charge in [-0.05, 0) is 51.7 Å². The summed E-state index contributed by atoms with van der Waals surface area (Å²) in [6, 6.07) is 8.69. The molecule has 2 aromatic rings. The molecule has 2 rings (SSSR count). The van der Waals surface area contributed by atoms with Gasteiger partial charge in [0.1, 0.15) is 5.82 Å². The first kappa shape index (κ1) is 18.7. The zero-order valence-electron chi connectivity index (χ0n) is 13.8. The Labute approximate surface area is 154 Å². The average Bonchev–Trinajstić information content (AvgIpc) is 2.51. The molecule has 1 N–H and O–H groups in total. The molecule has 1 amide bonds. The molecule has 0 saturated carbocycles. The average molecular weight is 414 g/mol. The van der Waals surface area contributed by atoms with Gasteiger partial charge in [-0.3, -0.25) is 4.79 Å². The van der Waals surface area contributed by atoms with E-state index in [1.54, 1.807) is 25.1 Å². The summed E-state index contributed by atoms with van der Waals surface area (Å²) in [6.07, 6.45) is 1.11. The van der Waals surface area contributed by atoms with Gasteiger partial charge < -0.3 is 10.2 Å². The van der Waals surface area contributed by atoms with E-state index in [0.29, 0.717) is 20.9 Å². The minimum atomic E-state index is -0.459. The number of aryl methyl sites for hydroxylation is 1. The first-order valence-electron chi connectivity index (χ1n) is 7.55. The zero-order valence-corrected chi connectivity index (χ0v) is 16.1. The monoisotopic (exact) mass is 412 g/mol. The second kappa shape index (κ2) is 7.99. The van der Waals surface area contributed by atoms with Crippen LogP contribution in [0.3, 0.4) is 0 Å². The zero-order chi connectivity index (χ0) is 17.9. The third-order valence-corrected chi connectivity index (χ3v) is 4.53. The molecule has 6 heteroatoms. The van der Waals surface area contributed by atoms with E-state index in [-0.39, 0.29) is 12.3 Å². The fourth-order valence-electron chi connectivity index (χ4n) is 2.25. The molecule has 3 nitrogen and oxygen atoms in total. The van der Waals surface area contributed by atoms with Crippen molar-refractivity contribution in [1.29, 1.82) is 0 Å². The summed E-state index contributed by atoms with van der Waals surface area (Å²) < 4.78 is 14.7. The Balaban J connectivity index is 2.41. The van der Waals surface area contributed by atoms with Crippen molar-refractivity contribution < 1.29 is 9.18 Å². The normalized spacial score (nSPS) is 10.6. The molecular weight excluding hydrogens is 395 g/mol. The second-order valence-corrected chi connectivity index (χ2v) is 6.97. The number of carbonyl (C=O) groups is 1. The highest BCUT2D eigenvalue weighted by Gasteiger charge is 2.14. The highest BCUT2D eigenvalue weighted by Crippen LogP contribution is 2.33. The molecule has 0 bridgehead atoms. The van der Waals surface area contributed by atoms with Gasteiger partial charge in [0.2, 0.25) is 5.91 Å². The summed E-state index contributed by atoms with van der Waals surface area (Å²) in [5.41, 5.74) is 2.94.